The lowest BCUT2D eigenvalue weighted by molar-refractivity contribution is -0.129. The first-order valence-electron chi connectivity index (χ1n) is 14.4. The molecule has 0 atom stereocenters. The second kappa shape index (κ2) is 11.7. The van der Waals surface area contributed by atoms with Crippen LogP contribution in [0, 0.1) is 12.8 Å². The SMILES string of the molecule is CC(=O)[N+]1(c2cccc(Cl)c2)CCC(CCN2CCC(Cc3ccccc3)CC2)(c2cccc(C)c2)CC1. The highest BCUT2D eigenvalue weighted by Gasteiger charge is 2.47. The van der Waals surface area contributed by atoms with Gasteiger partial charge in [0, 0.05) is 29.3 Å². The summed E-state index contributed by atoms with van der Waals surface area (Å²) in [6.45, 7) is 9.10. The van der Waals surface area contributed by atoms with E-state index in [-0.39, 0.29) is 11.3 Å². The Bertz CT molecular complexity index is 1220. The molecule has 0 aliphatic carbocycles. The third-order valence-electron chi connectivity index (χ3n) is 9.46. The first-order chi connectivity index (χ1) is 18.4. The smallest absolute Gasteiger partial charge is 0.303 e. The zero-order chi connectivity index (χ0) is 26.6. The summed E-state index contributed by atoms with van der Waals surface area (Å²) >= 11 is 6.36. The number of aryl methyl sites for hydroxylation is 1. The Kier molecular flexibility index (Phi) is 8.38. The van der Waals surface area contributed by atoms with Crippen LogP contribution in [0.3, 0.4) is 0 Å². The van der Waals surface area contributed by atoms with Crippen molar-refractivity contribution in [2.24, 2.45) is 5.92 Å². The van der Waals surface area contributed by atoms with Gasteiger partial charge >= 0.3 is 5.91 Å². The van der Waals surface area contributed by atoms with E-state index in [0.717, 1.165) is 50.5 Å². The number of piperidine rings is 2. The van der Waals surface area contributed by atoms with Crippen LogP contribution < -0.4 is 4.48 Å². The molecule has 0 bridgehead atoms. The molecule has 1 amide bonds. The van der Waals surface area contributed by atoms with Crippen LogP contribution in [0.1, 0.15) is 55.7 Å². The van der Waals surface area contributed by atoms with Crippen LogP contribution in [0.2, 0.25) is 5.02 Å². The van der Waals surface area contributed by atoms with Crippen molar-refractivity contribution in [3.63, 3.8) is 0 Å². The molecule has 2 aliphatic heterocycles. The van der Waals surface area contributed by atoms with Gasteiger partial charge < -0.3 is 4.90 Å². The van der Waals surface area contributed by atoms with E-state index in [0.29, 0.717) is 9.51 Å². The maximum atomic E-state index is 13.1. The second-order valence-corrected chi connectivity index (χ2v) is 12.2. The van der Waals surface area contributed by atoms with Crippen LogP contribution in [-0.4, -0.2) is 43.5 Å². The van der Waals surface area contributed by atoms with Crippen molar-refractivity contribution < 1.29 is 4.79 Å². The van der Waals surface area contributed by atoms with Crippen molar-refractivity contribution in [1.82, 2.24) is 9.38 Å². The summed E-state index contributed by atoms with van der Waals surface area (Å²) in [5, 5.41) is 0.701. The molecule has 4 heteroatoms. The van der Waals surface area contributed by atoms with Gasteiger partial charge in [0.15, 0.2) is 0 Å². The highest BCUT2D eigenvalue weighted by molar-refractivity contribution is 6.30. The van der Waals surface area contributed by atoms with E-state index in [2.05, 4.69) is 72.5 Å². The molecule has 5 rings (SSSR count). The van der Waals surface area contributed by atoms with E-state index in [9.17, 15) is 4.79 Å². The van der Waals surface area contributed by atoms with Gasteiger partial charge in [0.05, 0.1) is 20.0 Å². The molecule has 3 aromatic carbocycles. The minimum Gasteiger partial charge on any atom is -0.303 e. The molecule has 0 spiro atoms. The van der Waals surface area contributed by atoms with Gasteiger partial charge in [-0.2, -0.15) is 0 Å². The zero-order valence-corrected chi connectivity index (χ0v) is 23.8. The van der Waals surface area contributed by atoms with Crippen LogP contribution in [0.5, 0.6) is 0 Å². The standard InChI is InChI=1S/C34H42ClN2O/c1-27-8-6-11-31(24-27)34(16-21-36-19-14-30(15-20-36)25-29-9-4-3-5-10-29)17-22-37(23-18-34,28(2)38)33-13-7-12-32(35)26-33/h3-13,24,26,30H,14-23,25H2,1-2H3/q+1. The van der Waals surface area contributed by atoms with Crippen LogP contribution in [0.4, 0.5) is 5.69 Å². The lowest BCUT2D eigenvalue weighted by Gasteiger charge is -2.47. The number of rotatable bonds is 7. The molecular weight excluding hydrogens is 488 g/mol. The third kappa shape index (κ3) is 5.91. The van der Waals surface area contributed by atoms with E-state index in [1.54, 1.807) is 6.92 Å². The summed E-state index contributed by atoms with van der Waals surface area (Å²) in [5.41, 5.74) is 5.37. The first-order valence-corrected chi connectivity index (χ1v) is 14.7. The van der Waals surface area contributed by atoms with Gasteiger partial charge in [0.2, 0.25) is 0 Å². The Hall–Kier alpha value is -2.46. The third-order valence-corrected chi connectivity index (χ3v) is 9.70. The summed E-state index contributed by atoms with van der Waals surface area (Å²) in [4.78, 5) is 15.8. The molecule has 200 valence electrons. The van der Waals surface area contributed by atoms with Gasteiger partial charge in [-0.15, -0.1) is 0 Å². The fraction of sp³-hybridized carbons (Fsp3) is 0.441. The molecule has 0 saturated carbocycles. The van der Waals surface area contributed by atoms with Gasteiger partial charge in [-0.3, -0.25) is 0 Å². The average Bonchev–Trinajstić information content (AvgIpc) is 2.93. The van der Waals surface area contributed by atoms with Crippen LogP contribution >= 0.6 is 11.6 Å². The molecule has 0 radical (unpaired) electrons. The molecule has 38 heavy (non-hydrogen) atoms. The number of likely N-dealkylation sites (tertiary alicyclic amines) is 2. The van der Waals surface area contributed by atoms with Crippen molar-refractivity contribution in [2.75, 3.05) is 32.7 Å². The fourth-order valence-electron chi connectivity index (χ4n) is 6.94. The number of quaternary nitrogens is 1. The van der Waals surface area contributed by atoms with Crippen LogP contribution in [0.15, 0.2) is 78.9 Å². The molecule has 3 aromatic rings. The van der Waals surface area contributed by atoms with Gasteiger partial charge in [-0.25, -0.2) is 9.28 Å². The number of carbonyl (C=O) groups is 1. The van der Waals surface area contributed by atoms with E-state index >= 15 is 0 Å². The number of hydrogen-bond acceptors (Lipinski definition) is 2. The van der Waals surface area contributed by atoms with E-state index in [1.165, 1.54) is 49.0 Å². The molecule has 2 aliphatic rings. The number of nitrogens with zero attached hydrogens (tertiary/aromatic N) is 2. The maximum absolute atomic E-state index is 13.1. The summed E-state index contributed by atoms with van der Waals surface area (Å²) in [7, 11) is 0. The van der Waals surface area contributed by atoms with Crippen LogP contribution in [0.25, 0.3) is 0 Å². The lowest BCUT2D eigenvalue weighted by Crippen LogP contribution is -2.60. The summed E-state index contributed by atoms with van der Waals surface area (Å²) in [6.07, 6.45) is 6.93. The van der Waals surface area contributed by atoms with Crippen molar-refractivity contribution in [2.45, 2.75) is 57.8 Å². The van der Waals surface area contributed by atoms with Gasteiger partial charge in [-0.1, -0.05) is 77.8 Å². The molecule has 0 N–H and O–H groups in total. The fourth-order valence-corrected chi connectivity index (χ4v) is 7.12. The van der Waals surface area contributed by atoms with Crippen LogP contribution in [-0.2, 0) is 16.6 Å². The number of carbonyl (C=O) groups excluding carboxylic acids is 1. The average molecular weight is 530 g/mol. The molecule has 0 unspecified atom stereocenters. The highest BCUT2D eigenvalue weighted by atomic mass is 35.5. The Morgan fingerprint density at radius 1 is 0.947 bits per heavy atom. The van der Waals surface area contributed by atoms with Crippen molar-refractivity contribution in [3.8, 4) is 0 Å². The zero-order valence-electron chi connectivity index (χ0n) is 23.0. The molecule has 0 aromatic heterocycles. The summed E-state index contributed by atoms with van der Waals surface area (Å²) < 4.78 is 0.402. The lowest BCUT2D eigenvalue weighted by atomic mass is 9.69. The molecule has 2 saturated heterocycles. The van der Waals surface area contributed by atoms with E-state index in [1.807, 2.05) is 18.2 Å². The molecule has 3 nitrogen and oxygen atoms in total. The maximum Gasteiger partial charge on any atom is 0.315 e. The van der Waals surface area contributed by atoms with Gasteiger partial charge in [-0.05, 0) is 81.4 Å². The number of amides is 1. The Balaban J connectivity index is 1.29. The second-order valence-electron chi connectivity index (χ2n) is 11.8. The highest BCUT2D eigenvalue weighted by Crippen LogP contribution is 2.44. The first kappa shape index (κ1) is 27.1. The molecule has 2 fully saturated rings. The quantitative estimate of drug-likeness (QED) is 0.294. The largest absolute Gasteiger partial charge is 0.315 e. The van der Waals surface area contributed by atoms with E-state index in [4.69, 9.17) is 11.6 Å². The molecular formula is C34H42ClN2O+. The van der Waals surface area contributed by atoms with Gasteiger partial charge in [0.25, 0.3) is 0 Å². The monoisotopic (exact) mass is 529 g/mol. The topological polar surface area (TPSA) is 20.3 Å². The minimum absolute atomic E-state index is 0.0999. The normalized spacial score (nSPS) is 24.8. The minimum atomic E-state index is 0.0999. The number of benzene rings is 3. The molecule has 2 heterocycles. The summed E-state index contributed by atoms with van der Waals surface area (Å²) in [6, 6.07) is 28.0. The number of halogens is 1. The van der Waals surface area contributed by atoms with Crippen molar-refractivity contribution in [3.05, 3.63) is 101 Å². The van der Waals surface area contributed by atoms with E-state index < -0.39 is 0 Å². The summed E-state index contributed by atoms with van der Waals surface area (Å²) in [5.74, 6) is 1.01. The predicted octanol–water partition coefficient (Wildman–Crippen LogP) is 7.58. The number of hydrogen-bond donors (Lipinski definition) is 0. The van der Waals surface area contributed by atoms with Crippen molar-refractivity contribution in [1.29, 1.82) is 0 Å². The van der Waals surface area contributed by atoms with Gasteiger partial charge in [0.1, 0.15) is 5.69 Å². The van der Waals surface area contributed by atoms with Crippen molar-refractivity contribution >= 4 is 23.2 Å². The predicted molar refractivity (Wildman–Crippen MR) is 160 cm³/mol. The Morgan fingerprint density at radius 3 is 2.32 bits per heavy atom. The Labute approximate surface area is 234 Å². The Morgan fingerprint density at radius 2 is 1.66 bits per heavy atom.